The van der Waals surface area contributed by atoms with Crippen LogP contribution in [-0.4, -0.2) is 42.5 Å². The van der Waals surface area contributed by atoms with Gasteiger partial charge in [0.15, 0.2) is 0 Å². The second kappa shape index (κ2) is 3.63. The van der Waals surface area contributed by atoms with Gasteiger partial charge in [0.1, 0.15) is 0 Å². The molecule has 0 radical (unpaired) electrons. The predicted octanol–water partition coefficient (Wildman–Crippen LogP) is 0.151. The van der Waals surface area contributed by atoms with Crippen molar-refractivity contribution in [3.05, 3.63) is 0 Å². The van der Waals surface area contributed by atoms with E-state index in [1.54, 1.807) is 0 Å². The van der Waals surface area contributed by atoms with Crippen LogP contribution in [0.4, 0.5) is 13.2 Å². The number of hydrogen-bond acceptors (Lipinski definition) is 3. The van der Waals surface area contributed by atoms with Gasteiger partial charge in [-0.3, -0.25) is 9.69 Å². The molecule has 1 rings (SSSR count). The molecule has 0 aromatic rings. The van der Waals surface area contributed by atoms with Crippen LogP contribution in [0.15, 0.2) is 0 Å². The third kappa shape index (κ3) is 2.96. The highest BCUT2D eigenvalue weighted by Gasteiger charge is 2.39. The predicted molar refractivity (Wildman–Crippen MR) is 40.1 cm³/mol. The monoisotopic (exact) mass is 196 g/mol. The van der Waals surface area contributed by atoms with Crippen LogP contribution in [-0.2, 0) is 4.79 Å². The van der Waals surface area contributed by atoms with Crippen LogP contribution in [0.3, 0.4) is 0 Å². The lowest BCUT2D eigenvalue weighted by atomic mass is 10.3. The molecule has 0 unspecified atom stereocenters. The Hall–Kier alpha value is -0.620. The van der Waals surface area contributed by atoms with Gasteiger partial charge in [-0.05, 0) is 6.42 Å². The van der Waals surface area contributed by atoms with Crippen molar-refractivity contribution < 1.29 is 18.0 Å². The number of halogens is 3. The lowest BCUT2D eigenvalue weighted by molar-refractivity contribution is -0.171. The van der Waals surface area contributed by atoms with E-state index in [0.717, 1.165) is 0 Å². The molecular weight excluding hydrogens is 185 g/mol. The number of carbonyl (C=O) groups is 1. The number of carbonyl (C=O) groups excluding carboxylic acids is 1. The van der Waals surface area contributed by atoms with Crippen molar-refractivity contribution in [1.29, 1.82) is 0 Å². The zero-order valence-electron chi connectivity index (χ0n) is 6.97. The summed E-state index contributed by atoms with van der Waals surface area (Å²) in [5, 5.41) is 0. The van der Waals surface area contributed by atoms with Gasteiger partial charge in [-0.25, -0.2) is 0 Å². The van der Waals surface area contributed by atoms with E-state index in [1.807, 2.05) is 0 Å². The number of alkyl halides is 3. The fraction of sp³-hybridized carbons (Fsp3) is 0.857. The number of likely N-dealkylation sites (tertiary alicyclic amines) is 1. The van der Waals surface area contributed by atoms with Crippen LogP contribution in [0.2, 0.25) is 0 Å². The van der Waals surface area contributed by atoms with Crippen LogP contribution in [0.1, 0.15) is 6.42 Å². The summed E-state index contributed by atoms with van der Waals surface area (Å²) in [5.74, 6) is -1.69. The SMILES string of the molecule is N[C@@H]1CCN(CC(=O)C(F)(F)F)C1. The van der Waals surface area contributed by atoms with Crippen molar-refractivity contribution in [2.24, 2.45) is 5.73 Å². The number of rotatable bonds is 2. The minimum Gasteiger partial charge on any atom is -0.326 e. The van der Waals surface area contributed by atoms with Gasteiger partial charge in [0.05, 0.1) is 6.54 Å². The average molecular weight is 196 g/mol. The lowest BCUT2D eigenvalue weighted by Gasteiger charge is -2.14. The van der Waals surface area contributed by atoms with Crippen molar-refractivity contribution in [3.8, 4) is 0 Å². The van der Waals surface area contributed by atoms with Gasteiger partial charge in [0, 0.05) is 19.1 Å². The molecule has 0 aromatic heterocycles. The average Bonchev–Trinajstić information content (AvgIpc) is 2.33. The van der Waals surface area contributed by atoms with Gasteiger partial charge in [-0.15, -0.1) is 0 Å². The third-order valence-electron chi connectivity index (χ3n) is 1.99. The Morgan fingerprint density at radius 3 is 2.54 bits per heavy atom. The quantitative estimate of drug-likeness (QED) is 0.683. The molecule has 0 saturated carbocycles. The summed E-state index contributed by atoms with van der Waals surface area (Å²) in [5.41, 5.74) is 5.48. The van der Waals surface area contributed by atoms with Gasteiger partial charge in [-0.2, -0.15) is 13.2 Å². The molecule has 13 heavy (non-hydrogen) atoms. The second-order valence-corrected chi connectivity index (χ2v) is 3.20. The molecule has 0 aliphatic carbocycles. The highest BCUT2D eigenvalue weighted by molar-refractivity contribution is 5.85. The minimum atomic E-state index is -4.72. The van der Waals surface area contributed by atoms with E-state index in [4.69, 9.17) is 5.73 Å². The summed E-state index contributed by atoms with van der Waals surface area (Å²) in [6.07, 6.45) is -4.06. The van der Waals surface area contributed by atoms with Crippen molar-refractivity contribution in [2.75, 3.05) is 19.6 Å². The fourth-order valence-electron chi connectivity index (χ4n) is 1.30. The Bertz CT molecular complexity index is 204. The second-order valence-electron chi connectivity index (χ2n) is 3.20. The Morgan fingerprint density at radius 1 is 1.54 bits per heavy atom. The van der Waals surface area contributed by atoms with Gasteiger partial charge >= 0.3 is 6.18 Å². The minimum absolute atomic E-state index is 0.0963. The van der Waals surface area contributed by atoms with Gasteiger partial charge in [0.25, 0.3) is 0 Å². The summed E-state index contributed by atoms with van der Waals surface area (Å²) >= 11 is 0. The molecule has 1 aliphatic heterocycles. The molecule has 1 fully saturated rings. The molecule has 6 heteroatoms. The Kier molecular flexibility index (Phi) is 2.92. The Balaban J connectivity index is 2.37. The van der Waals surface area contributed by atoms with Crippen molar-refractivity contribution >= 4 is 5.78 Å². The first-order chi connectivity index (χ1) is 5.89. The van der Waals surface area contributed by atoms with Crippen LogP contribution in [0.5, 0.6) is 0 Å². The lowest BCUT2D eigenvalue weighted by Crippen LogP contribution is -2.37. The van der Waals surface area contributed by atoms with Crippen LogP contribution >= 0.6 is 0 Å². The van der Waals surface area contributed by atoms with Crippen LogP contribution < -0.4 is 5.73 Å². The first-order valence-corrected chi connectivity index (χ1v) is 3.97. The number of nitrogens with zero attached hydrogens (tertiary/aromatic N) is 1. The summed E-state index contributed by atoms with van der Waals surface area (Å²) in [7, 11) is 0. The number of Topliss-reactive ketones (excluding diaryl/α,β-unsaturated/α-hetero) is 1. The molecular formula is C7H11F3N2O. The number of ketones is 1. The number of hydrogen-bond donors (Lipinski definition) is 1. The summed E-state index contributed by atoms with van der Waals surface area (Å²) in [6.45, 7) is 0.294. The maximum Gasteiger partial charge on any atom is 0.451 e. The molecule has 0 amide bonds. The Morgan fingerprint density at radius 2 is 2.15 bits per heavy atom. The van der Waals surface area contributed by atoms with E-state index in [-0.39, 0.29) is 6.04 Å². The molecule has 0 bridgehead atoms. The largest absolute Gasteiger partial charge is 0.451 e. The summed E-state index contributed by atoms with van der Waals surface area (Å²) < 4.78 is 35.4. The zero-order valence-corrected chi connectivity index (χ0v) is 6.97. The van der Waals surface area contributed by atoms with Crippen molar-refractivity contribution in [2.45, 2.75) is 18.6 Å². The molecule has 1 heterocycles. The van der Waals surface area contributed by atoms with Crippen LogP contribution in [0, 0.1) is 0 Å². The Labute approximate surface area is 73.7 Å². The van der Waals surface area contributed by atoms with E-state index in [1.165, 1.54) is 4.90 Å². The summed E-state index contributed by atoms with van der Waals surface area (Å²) in [6, 6.07) is -0.0963. The molecule has 1 aliphatic rings. The molecule has 0 spiro atoms. The molecule has 2 N–H and O–H groups in total. The van der Waals surface area contributed by atoms with Crippen molar-refractivity contribution in [3.63, 3.8) is 0 Å². The molecule has 76 valence electrons. The standard InChI is InChI=1S/C7H11F3N2O/c8-7(9,10)6(13)4-12-2-1-5(11)3-12/h5H,1-4,11H2/t5-/m1/s1. The molecule has 1 atom stereocenters. The van der Waals surface area contributed by atoms with E-state index < -0.39 is 18.5 Å². The maximum atomic E-state index is 11.8. The topological polar surface area (TPSA) is 46.3 Å². The van der Waals surface area contributed by atoms with E-state index in [9.17, 15) is 18.0 Å². The van der Waals surface area contributed by atoms with E-state index in [0.29, 0.717) is 19.5 Å². The highest BCUT2D eigenvalue weighted by atomic mass is 19.4. The zero-order chi connectivity index (χ0) is 10.1. The van der Waals surface area contributed by atoms with Gasteiger partial charge < -0.3 is 5.73 Å². The normalized spacial score (nSPS) is 25.1. The first kappa shape index (κ1) is 10.5. The maximum absolute atomic E-state index is 11.8. The summed E-state index contributed by atoms with van der Waals surface area (Å²) in [4.78, 5) is 12.0. The number of nitrogens with two attached hydrogens (primary N) is 1. The third-order valence-corrected chi connectivity index (χ3v) is 1.99. The fourth-order valence-corrected chi connectivity index (χ4v) is 1.30. The smallest absolute Gasteiger partial charge is 0.326 e. The van der Waals surface area contributed by atoms with E-state index in [2.05, 4.69) is 0 Å². The van der Waals surface area contributed by atoms with Gasteiger partial charge in [0.2, 0.25) is 5.78 Å². The van der Waals surface area contributed by atoms with Crippen molar-refractivity contribution in [1.82, 2.24) is 4.90 Å². The molecule has 3 nitrogen and oxygen atoms in total. The first-order valence-electron chi connectivity index (χ1n) is 3.97. The van der Waals surface area contributed by atoms with Gasteiger partial charge in [-0.1, -0.05) is 0 Å². The van der Waals surface area contributed by atoms with E-state index >= 15 is 0 Å². The highest BCUT2D eigenvalue weighted by Crippen LogP contribution is 2.17. The molecule has 1 saturated heterocycles. The molecule has 0 aromatic carbocycles. The van der Waals surface area contributed by atoms with Crippen LogP contribution in [0.25, 0.3) is 0 Å².